The predicted molar refractivity (Wildman–Crippen MR) is 54.1 cm³/mol. The average molecular weight is 282 g/mol. The van der Waals surface area contributed by atoms with E-state index < -0.39 is 41.9 Å². The Hall–Kier alpha value is -2.19. The van der Waals surface area contributed by atoms with Crippen LogP contribution in [0.25, 0.3) is 0 Å². The number of benzene rings is 1. The van der Waals surface area contributed by atoms with Gasteiger partial charge in [-0.3, -0.25) is 9.59 Å². The fourth-order valence-corrected chi connectivity index (χ4v) is 1.05. The Kier molecular flexibility index (Phi) is 4.41. The van der Waals surface area contributed by atoms with Crippen LogP contribution >= 0.6 is 0 Å². The minimum atomic E-state index is -5.11. The molecular formula is C10H7F5N2O2. The molecule has 0 radical (unpaired) electrons. The number of halogens is 5. The van der Waals surface area contributed by atoms with Crippen molar-refractivity contribution in [1.82, 2.24) is 5.32 Å². The number of anilines is 1. The molecule has 0 atom stereocenters. The highest BCUT2D eigenvalue weighted by atomic mass is 19.4. The van der Waals surface area contributed by atoms with Crippen molar-refractivity contribution in [3.8, 4) is 0 Å². The van der Waals surface area contributed by atoms with Gasteiger partial charge in [0.25, 0.3) is 0 Å². The molecule has 9 heteroatoms. The molecule has 0 saturated carbocycles. The number of alkyl halides is 3. The van der Waals surface area contributed by atoms with Crippen molar-refractivity contribution in [3.63, 3.8) is 0 Å². The Morgan fingerprint density at radius 1 is 1.16 bits per heavy atom. The van der Waals surface area contributed by atoms with E-state index in [4.69, 9.17) is 0 Å². The summed E-state index contributed by atoms with van der Waals surface area (Å²) in [7, 11) is 0. The zero-order valence-corrected chi connectivity index (χ0v) is 9.15. The van der Waals surface area contributed by atoms with E-state index in [9.17, 15) is 31.5 Å². The van der Waals surface area contributed by atoms with Gasteiger partial charge in [0.05, 0.1) is 12.2 Å². The summed E-state index contributed by atoms with van der Waals surface area (Å²) in [5.41, 5.74) is -0.410. The minimum Gasteiger partial charge on any atom is -0.339 e. The van der Waals surface area contributed by atoms with E-state index in [1.54, 1.807) is 0 Å². The standard InChI is InChI=1S/C10H7F5N2O2/c11-5-1-2-7(6(12)3-5)17-8(18)4-16-9(19)10(13,14)15/h1-3H,4H2,(H,16,19)(H,17,18). The van der Waals surface area contributed by atoms with Gasteiger partial charge < -0.3 is 10.6 Å². The van der Waals surface area contributed by atoms with Gasteiger partial charge in [0.15, 0.2) is 0 Å². The van der Waals surface area contributed by atoms with Gasteiger partial charge in [-0.05, 0) is 12.1 Å². The molecule has 0 aromatic heterocycles. The maximum absolute atomic E-state index is 13.1. The maximum atomic E-state index is 13.1. The first kappa shape index (κ1) is 14.9. The SMILES string of the molecule is O=C(CNC(=O)C(F)(F)F)Nc1ccc(F)cc1F. The summed E-state index contributed by atoms with van der Waals surface area (Å²) in [5, 5.41) is 3.18. The lowest BCUT2D eigenvalue weighted by atomic mass is 10.3. The van der Waals surface area contributed by atoms with Crippen molar-refractivity contribution in [3.05, 3.63) is 29.8 Å². The molecule has 1 aromatic rings. The van der Waals surface area contributed by atoms with Gasteiger partial charge in [-0.25, -0.2) is 8.78 Å². The van der Waals surface area contributed by atoms with Crippen molar-refractivity contribution in [2.24, 2.45) is 0 Å². The Balaban J connectivity index is 2.54. The van der Waals surface area contributed by atoms with Crippen LogP contribution in [0.1, 0.15) is 0 Å². The number of nitrogens with one attached hydrogen (secondary N) is 2. The zero-order chi connectivity index (χ0) is 14.6. The highest BCUT2D eigenvalue weighted by Gasteiger charge is 2.38. The molecule has 0 aliphatic heterocycles. The molecule has 0 fully saturated rings. The number of amides is 2. The van der Waals surface area contributed by atoms with Crippen molar-refractivity contribution < 1.29 is 31.5 Å². The van der Waals surface area contributed by atoms with Crippen LogP contribution in [0.4, 0.5) is 27.6 Å². The van der Waals surface area contributed by atoms with Crippen LogP contribution in [0.15, 0.2) is 18.2 Å². The molecule has 19 heavy (non-hydrogen) atoms. The number of carbonyl (C=O) groups is 2. The number of rotatable bonds is 3. The van der Waals surface area contributed by atoms with E-state index >= 15 is 0 Å². The monoisotopic (exact) mass is 282 g/mol. The Labute approximate surface area is 103 Å². The van der Waals surface area contributed by atoms with Gasteiger partial charge in [-0.15, -0.1) is 0 Å². The Morgan fingerprint density at radius 2 is 1.79 bits per heavy atom. The molecule has 0 aliphatic carbocycles. The highest BCUT2D eigenvalue weighted by Crippen LogP contribution is 2.15. The molecule has 2 N–H and O–H groups in total. The maximum Gasteiger partial charge on any atom is 0.471 e. The van der Waals surface area contributed by atoms with E-state index in [-0.39, 0.29) is 0 Å². The Bertz CT molecular complexity index is 501. The first-order chi connectivity index (χ1) is 8.70. The van der Waals surface area contributed by atoms with E-state index in [2.05, 4.69) is 0 Å². The predicted octanol–water partition coefficient (Wildman–Crippen LogP) is 1.58. The normalized spacial score (nSPS) is 11.0. The van der Waals surface area contributed by atoms with Gasteiger partial charge >= 0.3 is 12.1 Å². The van der Waals surface area contributed by atoms with Crippen LogP contribution < -0.4 is 10.6 Å². The third-order valence-corrected chi connectivity index (χ3v) is 1.87. The fraction of sp³-hybridized carbons (Fsp3) is 0.200. The molecule has 2 amide bonds. The molecular weight excluding hydrogens is 275 g/mol. The molecule has 1 aromatic carbocycles. The van der Waals surface area contributed by atoms with Gasteiger partial charge in [0.1, 0.15) is 11.6 Å². The summed E-state index contributed by atoms with van der Waals surface area (Å²) >= 11 is 0. The lowest BCUT2D eigenvalue weighted by molar-refractivity contribution is -0.173. The van der Waals surface area contributed by atoms with Crippen LogP contribution in [0.2, 0.25) is 0 Å². The molecule has 0 heterocycles. The highest BCUT2D eigenvalue weighted by molar-refractivity contribution is 5.95. The van der Waals surface area contributed by atoms with Gasteiger partial charge in [0.2, 0.25) is 5.91 Å². The van der Waals surface area contributed by atoms with Crippen molar-refractivity contribution in [2.75, 3.05) is 11.9 Å². The van der Waals surface area contributed by atoms with Gasteiger partial charge in [-0.2, -0.15) is 13.2 Å². The summed E-state index contributed by atoms with van der Waals surface area (Å²) in [6.07, 6.45) is -5.11. The van der Waals surface area contributed by atoms with Crippen LogP contribution in [0, 0.1) is 11.6 Å². The molecule has 0 unspecified atom stereocenters. The Morgan fingerprint density at radius 3 is 2.32 bits per heavy atom. The lowest BCUT2D eigenvalue weighted by Gasteiger charge is -2.09. The molecule has 4 nitrogen and oxygen atoms in total. The summed E-state index contributed by atoms with van der Waals surface area (Å²) in [6, 6.07) is 2.24. The van der Waals surface area contributed by atoms with E-state index in [1.807, 2.05) is 5.32 Å². The molecule has 0 spiro atoms. The number of hydrogen-bond acceptors (Lipinski definition) is 2. The van der Waals surface area contributed by atoms with E-state index in [0.717, 1.165) is 12.1 Å². The van der Waals surface area contributed by atoms with Crippen LogP contribution in [0.3, 0.4) is 0 Å². The van der Waals surface area contributed by atoms with E-state index in [1.165, 1.54) is 5.32 Å². The molecule has 0 aliphatic rings. The lowest BCUT2D eigenvalue weighted by Crippen LogP contribution is -2.41. The molecule has 0 bridgehead atoms. The van der Waals surface area contributed by atoms with Crippen LogP contribution in [-0.2, 0) is 9.59 Å². The van der Waals surface area contributed by atoms with Gasteiger partial charge in [0, 0.05) is 6.07 Å². The molecule has 0 saturated heterocycles. The fourth-order valence-electron chi connectivity index (χ4n) is 1.05. The van der Waals surface area contributed by atoms with Crippen molar-refractivity contribution in [2.45, 2.75) is 6.18 Å². The summed E-state index contributed by atoms with van der Waals surface area (Å²) in [6.45, 7) is -0.991. The van der Waals surface area contributed by atoms with Crippen LogP contribution in [0.5, 0.6) is 0 Å². The average Bonchev–Trinajstić information content (AvgIpc) is 2.28. The smallest absolute Gasteiger partial charge is 0.339 e. The first-order valence-electron chi connectivity index (χ1n) is 4.80. The molecule has 104 valence electrons. The number of carbonyl (C=O) groups excluding carboxylic acids is 2. The third-order valence-electron chi connectivity index (χ3n) is 1.87. The summed E-state index contributed by atoms with van der Waals surface area (Å²) in [5.74, 6) is -5.33. The van der Waals surface area contributed by atoms with Crippen molar-refractivity contribution >= 4 is 17.5 Å². The first-order valence-corrected chi connectivity index (χ1v) is 4.80. The molecule has 1 rings (SSSR count). The third kappa shape index (κ3) is 4.53. The largest absolute Gasteiger partial charge is 0.471 e. The second-order valence-electron chi connectivity index (χ2n) is 3.35. The van der Waals surface area contributed by atoms with Crippen LogP contribution in [-0.4, -0.2) is 24.5 Å². The summed E-state index contributed by atoms with van der Waals surface area (Å²) in [4.78, 5) is 21.5. The number of hydrogen-bond donors (Lipinski definition) is 2. The van der Waals surface area contributed by atoms with Gasteiger partial charge in [-0.1, -0.05) is 0 Å². The quantitative estimate of drug-likeness (QED) is 0.827. The second-order valence-corrected chi connectivity index (χ2v) is 3.35. The summed E-state index contributed by atoms with van der Waals surface area (Å²) < 4.78 is 61.0. The van der Waals surface area contributed by atoms with E-state index in [0.29, 0.717) is 6.07 Å². The zero-order valence-electron chi connectivity index (χ0n) is 9.15. The second kappa shape index (κ2) is 5.63. The topological polar surface area (TPSA) is 58.2 Å². The van der Waals surface area contributed by atoms with Crippen molar-refractivity contribution in [1.29, 1.82) is 0 Å². The minimum absolute atomic E-state index is 0.410.